The van der Waals surface area contributed by atoms with E-state index in [9.17, 15) is 14.4 Å². The number of carbonyl (C=O) groups is 1. The summed E-state index contributed by atoms with van der Waals surface area (Å²) in [5.41, 5.74) is 5.67. The number of anilines is 2. The summed E-state index contributed by atoms with van der Waals surface area (Å²) >= 11 is 0. The zero-order chi connectivity index (χ0) is 22.4. The molecule has 0 atom stereocenters. The number of nitrogens with one attached hydrogen (secondary N) is 1. The molecular weight excluding hydrogens is 398 g/mol. The van der Waals surface area contributed by atoms with Gasteiger partial charge in [0, 0.05) is 12.1 Å². The first kappa shape index (κ1) is 21.6. The Morgan fingerprint density at radius 2 is 2.10 bits per heavy atom. The summed E-state index contributed by atoms with van der Waals surface area (Å²) in [6.07, 6.45) is 3.10. The molecule has 3 aromatic rings. The van der Waals surface area contributed by atoms with Crippen molar-refractivity contribution in [1.82, 2.24) is 9.55 Å². The average Bonchev–Trinajstić information content (AvgIpc) is 3.26. The molecule has 2 heterocycles. The zero-order valence-corrected chi connectivity index (χ0v) is 17.1. The van der Waals surface area contributed by atoms with Crippen molar-refractivity contribution in [1.29, 1.82) is 5.26 Å². The molecule has 1 aromatic carbocycles. The number of nitrogens with zero attached hydrogens (tertiary/aromatic N) is 3. The van der Waals surface area contributed by atoms with E-state index in [1.807, 2.05) is 13.0 Å². The third kappa shape index (κ3) is 4.75. The number of furan rings is 1. The Kier molecular flexibility index (Phi) is 6.72. The normalized spacial score (nSPS) is 10.6. The number of carbonyl (C=O) groups excluding carboxylic acids is 1. The van der Waals surface area contributed by atoms with Gasteiger partial charge in [0.05, 0.1) is 25.3 Å². The van der Waals surface area contributed by atoms with E-state index in [4.69, 9.17) is 15.4 Å². The lowest BCUT2D eigenvalue weighted by Gasteiger charge is -2.24. The lowest BCUT2D eigenvalue weighted by atomic mass is 10.1. The third-order valence-corrected chi connectivity index (χ3v) is 4.82. The lowest BCUT2D eigenvalue weighted by molar-refractivity contribution is 0.0982. The quantitative estimate of drug-likeness (QED) is 0.573. The van der Waals surface area contributed by atoms with Gasteiger partial charge in [-0.05, 0) is 36.2 Å². The van der Waals surface area contributed by atoms with Gasteiger partial charge in [-0.25, -0.2) is 4.79 Å². The predicted octanol–water partition coefficient (Wildman–Crippen LogP) is 2.42. The number of amides is 1. The smallest absolute Gasteiger partial charge is 0.330 e. The molecule has 0 aliphatic carbocycles. The van der Waals surface area contributed by atoms with Crippen LogP contribution in [0, 0.1) is 11.3 Å². The number of aromatic nitrogens is 2. The van der Waals surface area contributed by atoms with Gasteiger partial charge in [-0.15, -0.1) is 0 Å². The second kappa shape index (κ2) is 9.63. The number of nitrogens with two attached hydrogens (primary N) is 1. The molecule has 9 nitrogen and oxygen atoms in total. The predicted molar refractivity (Wildman–Crippen MR) is 116 cm³/mol. The number of H-pyrrole nitrogens is 1. The van der Waals surface area contributed by atoms with Crippen molar-refractivity contribution >= 4 is 17.4 Å². The molecule has 9 heteroatoms. The van der Waals surface area contributed by atoms with Gasteiger partial charge in [-0.3, -0.25) is 24.0 Å². The third-order valence-electron chi connectivity index (χ3n) is 4.82. The Morgan fingerprint density at radius 1 is 1.29 bits per heavy atom. The van der Waals surface area contributed by atoms with Crippen molar-refractivity contribution in [2.45, 2.75) is 39.3 Å². The SMILES string of the molecule is CCCCn1c(N)c(N(Cc2ccco2)C(=O)c2cccc(CC#N)c2)c(=O)[nH]c1=O. The van der Waals surface area contributed by atoms with Crippen LogP contribution in [-0.4, -0.2) is 15.5 Å². The second-order valence-corrected chi connectivity index (χ2v) is 7.00. The van der Waals surface area contributed by atoms with Crippen LogP contribution in [0.3, 0.4) is 0 Å². The Morgan fingerprint density at radius 3 is 2.77 bits per heavy atom. The van der Waals surface area contributed by atoms with E-state index < -0.39 is 17.2 Å². The number of nitriles is 1. The Bertz CT molecular complexity index is 1220. The number of rotatable bonds is 8. The van der Waals surface area contributed by atoms with E-state index in [-0.39, 0.29) is 30.0 Å². The van der Waals surface area contributed by atoms with Crippen molar-refractivity contribution in [2.24, 2.45) is 0 Å². The molecule has 0 saturated heterocycles. The maximum atomic E-state index is 13.4. The monoisotopic (exact) mass is 421 g/mol. The van der Waals surface area contributed by atoms with Crippen LogP contribution in [0.2, 0.25) is 0 Å². The maximum Gasteiger partial charge on any atom is 0.330 e. The fourth-order valence-electron chi connectivity index (χ4n) is 3.25. The largest absolute Gasteiger partial charge is 0.467 e. The molecular formula is C22H23N5O4. The van der Waals surface area contributed by atoms with E-state index in [1.54, 1.807) is 36.4 Å². The van der Waals surface area contributed by atoms with Crippen molar-refractivity contribution in [3.05, 3.63) is 80.4 Å². The number of aromatic amines is 1. The number of benzene rings is 1. The van der Waals surface area contributed by atoms with Crippen LogP contribution < -0.4 is 21.9 Å². The molecule has 31 heavy (non-hydrogen) atoms. The molecule has 2 aromatic heterocycles. The highest BCUT2D eigenvalue weighted by Gasteiger charge is 2.26. The van der Waals surface area contributed by atoms with Crippen LogP contribution in [0.25, 0.3) is 0 Å². The highest BCUT2D eigenvalue weighted by atomic mass is 16.3. The Balaban J connectivity index is 2.13. The molecule has 1 amide bonds. The van der Waals surface area contributed by atoms with Crippen LogP contribution in [0.1, 0.15) is 41.4 Å². The van der Waals surface area contributed by atoms with Gasteiger partial charge in [0.2, 0.25) is 0 Å². The summed E-state index contributed by atoms with van der Waals surface area (Å²) in [6.45, 7) is 2.22. The first-order valence-corrected chi connectivity index (χ1v) is 9.89. The van der Waals surface area contributed by atoms with E-state index in [2.05, 4.69) is 4.98 Å². The van der Waals surface area contributed by atoms with Gasteiger partial charge < -0.3 is 10.2 Å². The fourth-order valence-corrected chi connectivity index (χ4v) is 3.25. The van der Waals surface area contributed by atoms with Gasteiger partial charge in [-0.2, -0.15) is 5.26 Å². The number of hydrogen-bond acceptors (Lipinski definition) is 6. The minimum absolute atomic E-state index is 0.0619. The van der Waals surface area contributed by atoms with Crippen LogP contribution in [0.5, 0.6) is 0 Å². The highest BCUT2D eigenvalue weighted by Crippen LogP contribution is 2.23. The number of hydrogen-bond donors (Lipinski definition) is 2. The van der Waals surface area contributed by atoms with E-state index in [0.717, 1.165) is 6.42 Å². The van der Waals surface area contributed by atoms with Crippen molar-refractivity contribution in [3.63, 3.8) is 0 Å². The van der Waals surface area contributed by atoms with Crippen LogP contribution in [0.4, 0.5) is 11.5 Å². The summed E-state index contributed by atoms with van der Waals surface area (Å²) < 4.78 is 6.63. The molecule has 0 saturated carbocycles. The molecule has 0 aliphatic heterocycles. The molecule has 160 valence electrons. The summed E-state index contributed by atoms with van der Waals surface area (Å²) in [5, 5.41) is 8.96. The van der Waals surface area contributed by atoms with E-state index in [1.165, 1.54) is 15.7 Å². The molecule has 0 aliphatic rings. The summed E-state index contributed by atoms with van der Waals surface area (Å²) in [5.74, 6) is -0.156. The average molecular weight is 421 g/mol. The molecule has 0 unspecified atom stereocenters. The van der Waals surface area contributed by atoms with Gasteiger partial charge in [0.25, 0.3) is 11.5 Å². The number of unbranched alkanes of at least 4 members (excludes halogenated alkanes) is 1. The molecule has 0 bridgehead atoms. The van der Waals surface area contributed by atoms with Crippen LogP contribution in [0.15, 0.2) is 56.7 Å². The molecule has 0 radical (unpaired) electrons. The van der Waals surface area contributed by atoms with Gasteiger partial charge in [-0.1, -0.05) is 25.5 Å². The van der Waals surface area contributed by atoms with Gasteiger partial charge in [0.15, 0.2) is 5.69 Å². The second-order valence-electron chi connectivity index (χ2n) is 7.00. The minimum atomic E-state index is -0.761. The van der Waals surface area contributed by atoms with Crippen molar-refractivity contribution in [3.8, 4) is 6.07 Å². The van der Waals surface area contributed by atoms with Gasteiger partial charge >= 0.3 is 5.69 Å². The van der Waals surface area contributed by atoms with Crippen molar-refractivity contribution in [2.75, 3.05) is 10.6 Å². The maximum absolute atomic E-state index is 13.4. The molecule has 3 rings (SSSR count). The molecule has 0 spiro atoms. The van der Waals surface area contributed by atoms with Crippen LogP contribution >= 0.6 is 0 Å². The Hall–Kier alpha value is -4.06. The fraction of sp³-hybridized carbons (Fsp3) is 0.273. The molecule has 0 fully saturated rings. The first-order chi connectivity index (χ1) is 15.0. The van der Waals surface area contributed by atoms with Crippen molar-refractivity contribution < 1.29 is 9.21 Å². The lowest BCUT2D eigenvalue weighted by Crippen LogP contribution is -2.41. The first-order valence-electron chi connectivity index (χ1n) is 9.89. The summed E-state index contributed by atoms with van der Waals surface area (Å²) in [6, 6.07) is 12.0. The number of nitrogen functional groups attached to an aromatic ring is 1. The standard InChI is InChI=1S/C22H23N5O4/c1-2-3-11-26-19(24)18(20(28)25-22(26)30)27(14-17-8-5-12-31-17)21(29)16-7-4-6-15(13-16)9-10-23/h4-8,12-13H,2-3,9,11,14,24H2,1H3,(H,25,28,30). The van der Waals surface area contributed by atoms with Crippen LogP contribution in [-0.2, 0) is 19.5 Å². The zero-order valence-electron chi connectivity index (χ0n) is 17.1. The topological polar surface area (TPSA) is 138 Å². The Labute approximate surface area is 178 Å². The van der Waals surface area contributed by atoms with Gasteiger partial charge in [0.1, 0.15) is 11.6 Å². The van der Waals surface area contributed by atoms with E-state index in [0.29, 0.717) is 24.3 Å². The summed E-state index contributed by atoms with van der Waals surface area (Å²) in [4.78, 5) is 41.9. The highest BCUT2D eigenvalue weighted by molar-refractivity contribution is 6.07. The minimum Gasteiger partial charge on any atom is -0.467 e. The molecule has 3 N–H and O–H groups in total. The van der Waals surface area contributed by atoms with E-state index >= 15 is 0 Å². The summed E-state index contributed by atoms with van der Waals surface area (Å²) in [7, 11) is 0.